The summed E-state index contributed by atoms with van der Waals surface area (Å²) in [6.45, 7) is 9.84. The van der Waals surface area contributed by atoms with Gasteiger partial charge in [-0.1, -0.05) is 27.2 Å². The van der Waals surface area contributed by atoms with Crippen molar-refractivity contribution in [1.82, 2.24) is 4.90 Å². The van der Waals surface area contributed by atoms with Gasteiger partial charge in [-0.05, 0) is 25.2 Å². The summed E-state index contributed by atoms with van der Waals surface area (Å²) in [5, 5.41) is 0. The summed E-state index contributed by atoms with van der Waals surface area (Å²) >= 11 is 0. The van der Waals surface area contributed by atoms with E-state index in [0.29, 0.717) is 6.10 Å². The highest BCUT2D eigenvalue weighted by molar-refractivity contribution is 4.95. The van der Waals surface area contributed by atoms with Gasteiger partial charge in [0.1, 0.15) is 0 Å². The number of rotatable bonds is 7. The Morgan fingerprint density at radius 2 is 2.18 bits per heavy atom. The second-order valence-electron chi connectivity index (χ2n) is 5.59. The molecule has 0 aromatic rings. The molecule has 1 saturated heterocycles. The SMILES string of the molecule is CCC(C)CC(CC)(CN)N1CCC(OC)C1. The van der Waals surface area contributed by atoms with Crippen LogP contribution < -0.4 is 5.73 Å². The van der Waals surface area contributed by atoms with Gasteiger partial charge in [-0.3, -0.25) is 4.90 Å². The molecule has 1 aliphatic heterocycles. The number of likely N-dealkylation sites (tertiary alicyclic amines) is 1. The van der Waals surface area contributed by atoms with Gasteiger partial charge in [-0.25, -0.2) is 0 Å². The quantitative estimate of drug-likeness (QED) is 0.744. The molecule has 1 rings (SSSR count). The maximum absolute atomic E-state index is 6.11. The molecular weight excluding hydrogens is 212 g/mol. The molecule has 0 spiro atoms. The Labute approximate surface area is 107 Å². The molecule has 0 bridgehead atoms. The van der Waals surface area contributed by atoms with Crippen LogP contribution in [-0.4, -0.2) is 43.3 Å². The average Bonchev–Trinajstić information content (AvgIpc) is 2.85. The lowest BCUT2D eigenvalue weighted by molar-refractivity contribution is 0.0574. The van der Waals surface area contributed by atoms with Crippen LogP contribution in [0, 0.1) is 5.92 Å². The van der Waals surface area contributed by atoms with E-state index in [2.05, 4.69) is 25.7 Å². The van der Waals surface area contributed by atoms with Crippen LogP contribution in [0.4, 0.5) is 0 Å². The van der Waals surface area contributed by atoms with Gasteiger partial charge >= 0.3 is 0 Å². The highest BCUT2D eigenvalue weighted by Crippen LogP contribution is 2.31. The molecular formula is C14H30N2O. The number of ether oxygens (including phenoxy) is 1. The third kappa shape index (κ3) is 3.43. The Kier molecular flexibility index (Phi) is 5.90. The summed E-state index contributed by atoms with van der Waals surface area (Å²) in [5.41, 5.74) is 6.30. The second-order valence-corrected chi connectivity index (χ2v) is 5.59. The summed E-state index contributed by atoms with van der Waals surface area (Å²) in [6, 6.07) is 0. The van der Waals surface area contributed by atoms with E-state index < -0.39 is 0 Å². The molecule has 0 saturated carbocycles. The smallest absolute Gasteiger partial charge is 0.0710 e. The normalized spacial score (nSPS) is 27.0. The highest BCUT2D eigenvalue weighted by atomic mass is 16.5. The fourth-order valence-corrected chi connectivity index (χ4v) is 3.00. The van der Waals surface area contributed by atoms with Crippen molar-refractivity contribution in [2.45, 2.75) is 58.1 Å². The predicted octanol–water partition coefficient (Wildman–Crippen LogP) is 2.25. The third-order valence-corrected chi connectivity index (χ3v) is 4.61. The number of nitrogens with zero attached hydrogens (tertiary/aromatic N) is 1. The summed E-state index contributed by atoms with van der Waals surface area (Å²) in [5.74, 6) is 0.750. The molecule has 3 unspecified atom stereocenters. The zero-order valence-corrected chi connectivity index (χ0v) is 12.0. The van der Waals surface area contributed by atoms with Gasteiger partial charge in [0.15, 0.2) is 0 Å². The molecule has 102 valence electrons. The van der Waals surface area contributed by atoms with Crippen molar-refractivity contribution in [3.8, 4) is 0 Å². The van der Waals surface area contributed by atoms with E-state index in [1.165, 1.54) is 12.8 Å². The van der Waals surface area contributed by atoms with Gasteiger partial charge in [0, 0.05) is 32.3 Å². The van der Waals surface area contributed by atoms with Gasteiger partial charge in [-0.2, -0.15) is 0 Å². The molecule has 0 radical (unpaired) electrons. The minimum absolute atomic E-state index is 0.197. The van der Waals surface area contributed by atoms with Gasteiger partial charge in [0.25, 0.3) is 0 Å². The third-order valence-electron chi connectivity index (χ3n) is 4.61. The molecule has 2 N–H and O–H groups in total. The zero-order chi connectivity index (χ0) is 12.9. The molecule has 1 heterocycles. The minimum atomic E-state index is 0.197. The van der Waals surface area contributed by atoms with Gasteiger partial charge < -0.3 is 10.5 Å². The Hall–Kier alpha value is -0.120. The number of nitrogens with two attached hydrogens (primary N) is 1. The lowest BCUT2D eigenvalue weighted by atomic mass is 9.83. The van der Waals surface area contributed by atoms with Gasteiger partial charge in [-0.15, -0.1) is 0 Å². The fraction of sp³-hybridized carbons (Fsp3) is 1.00. The number of hydrogen-bond donors (Lipinski definition) is 1. The first-order chi connectivity index (χ1) is 8.11. The van der Waals surface area contributed by atoms with E-state index in [-0.39, 0.29) is 5.54 Å². The van der Waals surface area contributed by atoms with Crippen LogP contribution in [0.3, 0.4) is 0 Å². The first-order valence-corrected chi connectivity index (χ1v) is 7.09. The lowest BCUT2D eigenvalue weighted by Crippen LogP contribution is -2.53. The van der Waals surface area contributed by atoms with E-state index in [0.717, 1.165) is 38.4 Å². The van der Waals surface area contributed by atoms with Crippen molar-refractivity contribution in [1.29, 1.82) is 0 Å². The van der Waals surface area contributed by atoms with Gasteiger partial charge in [0.2, 0.25) is 0 Å². The van der Waals surface area contributed by atoms with Crippen LogP contribution in [0.2, 0.25) is 0 Å². The van der Waals surface area contributed by atoms with E-state index in [4.69, 9.17) is 10.5 Å². The topological polar surface area (TPSA) is 38.5 Å². The fourth-order valence-electron chi connectivity index (χ4n) is 3.00. The van der Waals surface area contributed by atoms with Crippen LogP contribution in [0.5, 0.6) is 0 Å². The van der Waals surface area contributed by atoms with Crippen molar-refractivity contribution < 1.29 is 4.74 Å². The lowest BCUT2D eigenvalue weighted by Gasteiger charge is -2.42. The summed E-state index contributed by atoms with van der Waals surface area (Å²) in [6.07, 6.45) is 5.16. The molecule has 3 atom stereocenters. The van der Waals surface area contributed by atoms with E-state index in [9.17, 15) is 0 Å². The molecule has 0 amide bonds. The van der Waals surface area contributed by atoms with Crippen molar-refractivity contribution in [3.05, 3.63) is 0 Å². The summed E-state index contributed by atoms with van der Waals surface area (Å²) in [4.78, 5) is 2.58. The van der Waals surface area contributed by atoms with Crippen molar-refractivity contribution in [3.63, 3.8) is 0 Å². The van der Waals surface area contributed by atoms with Crippen LogP contribution in [0.1, 0.15) is 46.5 Å². The van der Waals surface area contributed by atoms with E-state index >= 15 is 0 Å². The van der Waals surface area contributed by atoms with Crippen LogP contribution >= 0.6 is 0 Å². The predicted molar refractivity (Wildman–Crippen MR) is 73.1 cm³/mol. The molecule has 17 heavy (non-hydrogen) atoms. The maximum atomic E-state index is 6.11. The summed E-state index contributed by atoms with van der Waals surface area (Å²) < 4.78 is 5.47. The Morgan fingerprint density at radius 1 is 1.47 bits per heavy atom. The van der Waals surface area contributed by atoms with E-state index in [1.54, 1.807) is 0 Å². The number of hydrogen-bond acceptors (Lipinski definition) is 3. The van der Waals surface area contributed by atoms with Crippen LogP contribution in [0.15, 0.2) is 0 Å². The minimum Gasteiger partial charge on any atom is -0.380 e. The average molecular weight is 242 g/mol. The van der Waals surface area contributed by atoms with Crippen molar-refractivity contribution in [2.75, 3.05) is 26.7 Å². The molecule has 3 nitrogen and oxygen atoms in total. The van der Waals surface area contributed by atoms with Crippen molar-refractivity contribution in [2.24, 2.45) is 11.7 Å². The zero-order valence-electron chi connectivity index (χ0n) is 12.0. The Morgan fingerprint density at radius 3 is 2.59 bits per heavy atom. The number of methoxy groups -OCH3 is 1. The maximum Gasteiger partial charge on any atom is 0.0710 e. The standard InChI is InChI=1S/C14H30N2O/c1-5-12(3)9-14(6-2,11-15)16-8-7-13(10-16)17-4/h12-13H,5-11,15H2,1-4H3. The molecule has 0 aromatic heterocycles. The molecule has 0 aliphatic carbocycles. The Bertz CT molecular complexity index is 216. The highest BCUT2D eigenvalue weighted by Gasteiger charge is 2.39. The summed E-state index contributed by atoms with van der Waals surface area (Å²) in [7, 11) is 1.82. The largest absolute Gasteiger partial charge is 0.380 e. The second kappa shape index (κ2) is 6.72. The molecule has 1 fully saturated rings. The molecule has 0 aromatic carbocycles. The monoisotopic (exact) mass is 242 g/mol. The van der Waals surface area contributed by atoms with Gasteiger partial charge in [0.05, 0.1) is 6.10 Å². The van der Waals surface area contributed by atoms with Crippen LogP contribution in [0.25, 0.3) is 0 Å². The molecule has 1 aliphatic rings. The first-order valence-electron chi connectivity index (χ1n) is 7.09. The van der Waals surface area contributed by atoms with Crippen molar-refractivity contribution >= 4 is 0 Å². The van der Waals surface area contributed by atoms with Crippen LogP contribution in [-0.2, 0) is 4.74 Å². The Balaban J connectivity index is 2.70. The first kappa shape index (κ1) is 14.9. The van der Waals surface area contributed by atoms with E-state index in [1.807, 2.05) is 7.11 Å². The molecule has 3 heteroatoms.